The maximum absolute atomic E-state index is 12.7. The van der Waals surface area contributed by atoms with Gasteiger partial charge >= 0.3 is 0 Å². The van der Waals surface area contributed by atoms with E-state index in [1.54, 1.807) is 7.11 Å². The van der Waals surface area contributed by atoms with E-state index in [0.717, 1.165) is 22.2 Å². The summed E-state index contributed by atoms with van der Waals surface area (Å²) in [6, 6.07) is 14.1. The Labute approximate surface area is 230 Å². The molecule has 1 aromatic heterocycles. The van der Waals surface area contributed by atoms with E-state index in [1.807, 2.05) is 22.8 Å². The van der Waals surface area contributed by atoms with Gasteiger partial charge in [-0.15, -0.1) is 10.2 Å². The number of nitrogens with one attached hydrogen (secondary N) is 1. The van der Waals surface area contributed by atoms with Crippen LogP contribution in [-0.4, -0.2) is 42.0 Å². The lowest BCUT2D eigenvalue weighted by Crippen LogP contribution is -2.16. The lowest BCUT2D eigenvalue weighted by Gasteiger charge is -2.15. The summed E-state index contributed by atoms with van der Waals surface area (Å²) in [5.41, 5.74) is 2.44. The molecule has 0 spiro atoms. The highest BCUT2D eigenvalue weighted by Crippen LogP contribution is 2.45. The smallest absolute Gasteiger partial charge is 0.238 e. The van der Waals surface area contributed by atoms with E-state index in [1.165, 1.54) is 48.4 Å². The number of sulfonamides is 1. The SMILES string of the molecule is COc1ccc2c(C3CC3)ccc(-n3c(Br)nnc3SCC(=O)Nc3ccc(S(N)(=O)=O)cc3Cl)c2c1. The van der Waals surface area contributed by atoms with Crippen molar-refractivity contribution in [2.24, 2.45) is 5.14 Å². The lowest BCUT2D eigenvalue weighted by atomic mass is 9.99. The van der Waals surface area contributed by atoms with E-state index in [2.05, 4.69) is 43.6 Å². The molecule has 1 amide bonds. The predicted octanol–water partition coefficient (Wildman–Crippen LogP) is 5.10. The molecule has 9 nitrogen and oxygen atoms in total. The molecule has 0 bridgehead atoms. The third-order valence-electron chi connectivity index (χ3n) is 5.96. The highest BCUT2D eigenvalue weighted by molar-refractivity contribution is 9.10. The zero-order valence-electron chi connectivity index (χ0n) is 19.4. The number of rotatable bonds is 8. The molecular weight excluding hydrogens is 602 g/mol. The number of hydrogen-bond acceptors (Lipinski definition) is 7. The molecule has 1 heterocycles. The monoisotopic (exact) mass is 621 g/mol. The first-order chi connectivity index (χ1) is 17.7. The van der Waals surface area contributed by atoms with Gasteiger partial charge in [-0.05, 0) is 82.0 Å². The molecule has 3 aromatic carbocycles. The van der Waals surface area contributed by atoms with Crippen molar-refractivity contribution < 1.29 is 17.9 Å². The summed E-state index contributed by atoms with van der Waals surface area (Å²) in [7, 11) is -2.27. The summed E-state index contributed by atoms with van der Waals surface area (Å²) in [4.78, 5) is 12.5. The second-order valence-corrected chi connectivity index (χ2v) is 12.1. The molecule has 1 saturated carbocycles. The van der Waals surface area contributed by atoms with Crippen molar-refractivity contribution >= 4 is 71.7 Å². The molecule has 0 saturated heterocycles. The summed E-state index contributed by atoms with van der Waals surface area (Å²) >= 11 is 10.8. The normalized spacial score (nSPS) is 13.6. The molecule has 0 radical (unpaired) electrons. The van der Waals surface area contributed by atoms with Crippen molar-refractivity contribution in [3.05, 3.63) is 63.9 Å². The molecule has 1 aliphatic carbocycles. The summed E-state index contributed by atoms with van der Waals surface area (Å²) in [5, 5.41) is 19.0. The summed E-state index contributed by atoms with van der Waals surface area (Å²) in [5.74, 6) is 0.971. The fraction of sp³-hybridized carbons (Fsp3) is 0.208. The molecule has 3 N–H and O–H groups in total. The zero-order valence-corrected chi connectivity index (χ0v) is 23.4. The Morgan fingerprint density at radius 3 is 2.65 bits per heavy atom. The quantitative estimate of drug-likeness (QED) is 0.262. The number of thioether (sulfide) groups is 1. The van der Waals surface area contributed by atoms with Gasteiger partial charge in [-0.3, -0.25) is 9.36 Å². The van der Waals surface area contributed by atoms with Crippen LogP contribution in [0.5, 0.6) is 5.75 Å². The lowest BCUT2D eigenvalue weighted by molar-refractivity contribution is -0.113. The van der Waals surface area contributed by atoms with Crippen LogP contribution in [0.1, 0.15) is 24.3 Å². The fourth-order valence-corrected chi connectivity index (χ4v) is 6.18. The number of anilines is 1. The summed E-state index contributed by atoms with van der Waals surface area (Å²) < 4.78 is 30.8. The van der Waals surface area contributed by atoms with Gasteiger partial charge in [0.25, 0.3) is 0 Å². The van der Waals surface area contributed by atoms with Gasteiger partial charge in [0.2, 0.25) is 20.7 Å². The number of amides is 1. The zero-order chi connectivity index (χ0) is 26.3. The topological polar surface area (TPSA) is 129 Å². The third kappa shape index (κ3) is 5.48. The Hall–Kier alpha value is -2.64. The molecule has 1 fully saturated rings. The van der Waals surface area contributed by atoms with Gasteiger partial charge < -0.3 is 10.1 Å². The predicted molar refractivity (Wildman–Crippen MR) is 147 cm³/mol. The minimum absolute atomic E-state index is 0.0137. The van der Waals surface area contributed by atoms with Gasteiger partial charge in [-0.25, -0.2) is 13.6 Å². The number of nitrogens with zero attached hydrogens (tertiary/aromatic N) is 3. The molecule has 13 heteroatoms. The van der Waals surface area contributed by atoms with E-state index in [-0.39, 0.29) is 27.3 Å². The van der Waals surface area contributed by atoms with Gasteiger partial charge in [-0.2, -0.15) is 0 Å². The fourth-order valence-electron chi connectivity index (χ4n) is 4.05. The number of ether oxygens (including phenoxy) is 1. The Morgan fingerprint density at radius 2 is 1.97 bits per heavy atom. The molecule has 37 heavy (non-hydrogen) atoms. The standard InChI is InChI=1S/C24H21BrClN5O4S2/c1-35-14-4-6-17-16(13-2-3-13)7-9-21(18(17)10-14)31-23(25)29-30-24(31)36-12-22(32)28-20-8-5-15(11-19(20)26)37(27,33)34/h4-11,13H,2-3,12H2,1H3,(H,28,32)(H2,27,33,34). The minimum atomic E-state index is -3.90. The van der Waals surface area contributed by atoms with Crippen LogP contribution < -0.4 is 15.2 Å². The summed E-state index contributed by atoms with van der Waals surface area (Å²) in [6.45, 7) is 0. The maximum Gasteiger partial charge on any atom is 0.238 e. The molecular formula is C24H21BrClN5O4S2. The Balaban J connectivity index is 1.40. The highest BCUT2D eigenvalue weighted by Gasteiger charge is 2.27. The van der Waals surface area contributed by atoms with Gasteiger partial charge in [0, 0.05) is 5.39 Å². The first-order valence-corrected chi connectivity index (χ1v) is 14.8. The van der Waals surface area contributed by atoms with Gasteiger partial charge in [0.15, 0.2) is 5.16 Å². The largest absolute Gasteiger partial charge is 0.497 e. The maximum atomic E-state index is 12.7. The Kier molecular flexibility index (Phi) is 7.20. The van der Waals surface area contributed by atoms with Gasteiger partial charge in [0.05, 0.1) is 34.2 Å². The number of hydrogen-bond donors (Lipinski definition) is 2. The van der Waals surface area contributed by atoms with Crippen molar-refractivity contribution in [1.82, 2.24) is 14.8 Å². The number of halogens is 2. The van der Waals surface area contributed by atoms with Crippen LogP contribution in [0.2, 0.25) is 5.02 Å². The number of primary sulfonamides is 1. The van der Waals surface area contributed by atoms with Crippen LogP contribution in [0, 0.1) is 0 Å². The second-order valence-electron chi connectivity index (χ2n) is 8.47. The Morgan fingerprint density at radius 1 is 1.19 bits per heavy atom. The van der Waals surface area contributed by atoms with E-state index in [0.29, 0.717) is 15.8 Å². The first kappa shape index (κ1) is 26.0. The van der Waals surface area contributed by atoms with Crippen molar-refractivity contribution in [2.75, 3.05) is 18.2 Å². The van der Waals surface area contributed by atoms with Crippen LogP contribution in [0.15, 0.2) is 63.3 Å². The summed E-state index contributed by atoms with van der Waals surface area (Å²) in [6.07, 6.45) is 2.36. The number of fused-ring (bicyclic) bond motifs is 1. The van der Waals surface area contributed by atoms with Crippen molar-refractivity contribution in [3.63, 3.8) is 0 Å². The second kappa shape index (κ2) is 10.3. The molecule has 0 aliphatic heterocycles. The van der Waals surface area contributed by atoms with E-state index in [4.69, 9.17) is 21.5 Å². The first-order valence-electron chi connectivity index (χ1n) is 11.1. The van der Waals surface area contributed by atoms with E-state index < -0.39 is 10.0 Å². The number of methoxy groups -OCH3 is 1. The van der Waals surface area contributed by atoms with Crippen LogP contribution in [-0.2, 0) is 14.8 Å². The Bertz CT molecular complexity index is 1640. The number of nitrogens with two attached hydrogens (primary N) is 1. The van der Waals surface area contributed by atoms with E-state index >= 15 is 0 Å². The number of carbonyl (C=O) groups excluding carboxylic acids is 1. The number of benzene rings is 3. The van der Waals surface area contributed by atoms with Crippen LogP contribution in [0.25, 0.3) is 16.5 Å². The van der Waals surface area contributed by atoms with Crippen molar-refractivity contribution in [1.29, 1.82) is 0 Å². The molecule has 0 unspecified atom stereocenters. The van der Waals surface area contributed by atoms with Crippen LogP contribution >= 0.6 is 39.3 Å². The molecule has 4 aromatic rings. The van der Waals surface area contributed by atoms with Crippen LogP contribution in [0.3, 0.4) is 0 Å². The number of aromatic nitrogens is 3. The number of carbonyl (C=O) groups is 1. The van der Waals surface area contributed by atoms with Crippen molar-refractivity contribution in [2.45, 2.75) is 28.8 Å². The average molecular weight is 623 g/mol. The third-order valence-corrected chi connectivity index (χ3v) is 8.63. The molecule has 5 rings (SSSR count). The minimum Gasteiger partial charge on any atom is -0.497 e. The van der Waals surface area contributed by atoms with Gasteiger partial charge in [0.1, 0.15) is 5.75 Å². The van der Waals surface area contributed by atoms with E-state index in [9.17, 15) is 13.2 Å². The van der Waals surface area contributed by atoms with Crippen LogP contribution in [0.4, 0.5) is 5.69 Å². The molecule has 1 aliphatic rings. The highest BCUT2D eigenvalue weighted by atomic mass is 79.9. The average Bonchev–Trinajstić information content (AvgIpc) is 3.64. The molecule has 0 atom stereocenters. The van der Waals surface area contributed by atoms with Gasteiger partial charge in [-0.1, -0.05) is 35.5 Å². The molecule has 192 valence electrons. The van der Waals surface area contributed by atoms with Crippen molar-refractivity contribution in [3.8, 4) is 11.4 Å².